The highest BCUT2D eigenvalue weighted by atomic mass is 127. The molecule has 0 heterocycles. The minimum atomic E-state index is -1.02. The number of halogens is 6. The number of nitrogens with two attached hydrogens (primary N) is 2. The summed E-state index contributed by atoms with van der Waals surface area (Å²) in [6.07, 6.45) is 0.527. The Bertz CT molecular complexity index is 1710. The van der Waals surface area contributed by atoms with E-state index in [-0.39, 0.29) is 24.3 Å². The number of aliphatic carboxylic acids is 2. The predicted molar refractivity (Wildman–Crippen MR) is 224 cm³/mol. The Morgan fingerprint density at radius 1 is 0.609 bits per heavy atom. The van der Waals surface area contributed by atoms with Gasteiger partial charge in [0.2, 0.25) is 0 Å². The van der Waals surface area contributed by atoms with Gasteiger partial charge in [0.25, 0.3) is 0 Å². The van der Waals surface area contributed by atoms with E-state index in [9.17, 15) is 19.8 Å². The van der Waals surface area contributed by atoms with Crippen LogP contribution in [0, 0.1) is 21.4 Å². The molecule has 0 fully saturated rings. The van der Waals surface area contributed by atoms with Gasteiger partial charge in [0, 0.05) is 0 Å². The third kappa shape index (κ3) is 11.7. The molecule has 0 spiro atoms. The summed E-state index contributed by atoms with van der Waals surface area (Å²) in [6.45, 7) is 0. The van der Waals surface area contributed by atoms with Crippen LogP contribution in [-0.2, 0) is 22.4 Å². The van der Waals surface area contributed by atoms with E-state index >= 15 is 0 Å². The summed E-state index contributed by atoms with van der Waals surface area (Å²) in [5, 5.41) is 37.1. The number of hydrogen-bond donors (Lipinski definition) is 6. The molecule has 0 aliphatic heterocycles. The van der Waals surface area contributed by atoms with Gasteiger partial charge in [-0.25, -0.2) is 0 Å². The molecule has 0 bridgehead atoms. The number of carboxylic acid groups (broad SMARTS) is 2. The van der Waals surface area contributed by atoms with Crippen molar-refractivity contribution in [3.8, 4) is 34.5 Å². The number of ether oxygens (including phenoxy) is 2. The summed E-state index contributed by atoms with van der Waals surface area (Å²) in [4.78, 5) is 21.7. The fourth-order valence-electron chi connectivity index (χ4n) is 3.66. The first-order valence-corrected chi connectivity index (χ1v) is 19.3. The van der Waals surface area contributed by atoms with Crippen LogP contribution >= 0.6 is 136 Å². The Morgan fingerprint density at radius 2 is 1.11 bits per heavy atom. The number of carboxylic acids is 2. The predicted octanol–water partition coefficient (Wildman–Crippen LogP) is 7.91. The number of phenolic OH excluding ortho intramolecular Hbond substituents is 2. The summed E-state index contributed by atoms with van der Waals surface area (Å²) in [5.74, 6) is 1.02. The van der Waals surface area contributed by atoms with Crippen LogP contribution in [0.4, 0.5) is 0 Å². The smallest absolute Gasteiger partial charge is 0.320 e. The molecule has 8 N–H and O–H groups in total. The maximum absolute atomic E-state index is 10.9. The molecule has 0 aliphatic rings. The Morgan fingerprint density at radius 3 is 1.61 bits per heavy atom. The highest BCUT2D eigenvalue weighted by Crippen LogP contribution is 2.36. The highest BCUT2D eigenvalue weighted by Gasteiger charge is 2.17. The lowest BCUT2D eigenvalue weighted by Gasteiger charge is -2.13. The van der Waals surface area contributed by atoms with Gasteiger partial charge in [-0.05, 0) is 214 Å². The number of benzene rings is 4. The molecule has 4 aromatic rings. The largest absolute Gasteiger partial charge is 0.507 e. The molecule has 0 aromatic heterocycles. The van der Waals surface area contributed by atoms with Crippen LogP contribution < -0.4 is 20.9 Å². The molecule has 0 amide bonds. The summed E-state index contributed by atoms with van der Waals surface area (Å²) >= 11 is 12.6. The standard InChI is InChI=1S/2C15H12I3NO4/c16-9-6-8(1-2-13(9)20)23-14-10(17)3-7(4-11(14)18)5-12(19)15(21)22;16-9-3-7(4-12(19)15(21)22)1-2-13(9)23-8-5-10(17)14(20)11(18)6-8/h1-4,6,12,20H,5,19H2,(H,21,22);1-3,5-6,12,20H,4,19H2,(H,21,22). The number of carbonyl (C=O) groups is 2. The van der Waals surface area contributed by atoms with Crippen molar-refractivity contribution in [3.63, 3.8) is 0 Å². The molecule has 2 atom stereocenters. The maximum Gasteiger partial charge on any atom is 0.320 e. The molecule has 4 aromatic carbocycles. The highest BCUT2D eigenvalue weighted by molar-refractivity contribution is 14.1. The Labute approximate surface area is 346 Å². The third-order valence-electron chi connectivity index (χ3n) is 5.96. The quantitative estimate of drug-likeness (QED) is 0.0854. The van der Waals surface area contributed by atoms with Crippen LogP contribution in [0.25, 0.3) is 0 Å². The fourth-order valence-corrected chi connectivity index (χ4v) is 8.67. The molecule has 10 nitrogen and oxygen atoms in total. The molecule has 0 radical (unpaired) electrons. The fraction of sp³-hybridized carbons (Fsp3) is 0.133. The van der Waals surface area contributed by atoms with E-state index in [1.54, 1.807) is 42.5 Å². The minimum Gasteiger partial charge on any atom is -0.507 e. The molecule has 16 heteroatoms. The van der Waals surface area contributed by atoms with E-state index in [1.165, 1.54) is 0 Å². The van der Waals surface area contributed by atoms with Gasteiger partial charge in [-0.2, -0.15) is 0 Å². The van der Waals surface area contributed by atoms with E-state index in [0.717, 1.165) is 21.8 Å². The Balaban J connectivity index is 0.000000250. The molecule has 46 heavy (non-hydrogen) atoms. The zero-order chi connectivity index (χ0) is 34.3. The third-order valence-corrected chi connectivity index (χ3v) is 10.9. The Hall–Kier alpha value is -0.680. The first-order chi connectivity index (χ1) is 21.5. The first kappa shape index (κ1) is 39.8. The van der Waals surface area contributed by atoms with Gasteiger partial charge in [-0.1, -0.05) is 6.07 Å². The first-order valence-electron chi connectivity index (χ1n) is 12.8. The summed E-state index contributed by atoms with van der Waals surface area (Å²) in [7, 11) is 0. The normalized spacial score (nSPS) is 12.0. The van der Waals surface area contributed by atoms with E-state index in [0.29, 0.717) is 33.7 Å². The second-order valence-corrected chi connectivity index (χ2v) is 16.5. The van der Waals surface area contributed by atoms with Gasteiger partial charge >= 0.3 is 11.9 Å². The molecular formula is C30H24I6N2O8. The lowest BCUT2D eigenvalue weighted by molar-refractivity contribution is -0.139. The second kappa shape index (κ2) is 18.4. The van der Waals surface area contributed by atoms with E-state index < -0.39 is 24.0 Å². The minimum absolute atomic E-state index is 0.209. The second-order valence-electron chi connectivity index (χ2n) is 9.50. The number of hydrogen-bond acceptors (Lipinski definition) is 8. The molecule has 244 valence electrons. The van der Waals surface area contributed by atoms with Crippen molar-refractivity contribution in [1.82, 2.24) is 0 Å². The van der Waals surface area contributed by atoms with Crippen LogP contribution in [0.15, 0.2) is 60.7 Å². The van der Waals surface area contributed by atoms with Crippen molar-refractivity contribution in [3.05, 3.63) is 93.2 Å². The molecule has 0 aliphatic carbocycles. The zero-order valence-corrected chi connectivity index (χ0v) is 36.1. The van der Waals surface area contributed by atoms with Crippen molar-refractivity contribution in [2.24, 2.45) is 11.5 Å². The molecule has 0 saturated heterocycles. The summed E-state index contributed by atoms with van der Waals surface area (Å²) < 4.78 is 16.5. The van der Waals surface area contributed by atoms with Gasteiger partial charge in [0.1, 0.15) is 40.8 Å². The zero-order valence-electron chi connectivity index (χ0n) is 23.2. The lowest BCUT2D eigenvalue weighted by Crippen LogP contribution is -2.32. The van der Waals surface area contributed by atoms with E-state index in [1.807, 2.05) is 86.0 Å². The van der Waals surface area contributed by atoms with Gasteiger partial charge < -0.3 is 41.4 Å². The van der Waals surface area contributed by atoms with Gasteiger partial charge in [-0.15, -0.1) is 0 Å². The van der Waals surface area contributed by atoms with Gasteiger partial charge in [0.05, 0.1) is 21.4 Å². The van der Waals surface area contributed by atoms with E-state index in [2.05, 4.69) is 67.8 Å². The molecule has 4 rings (SSSR count). The van der Waals surface area contributed by atoms with Crippen LogP contribution in [0.2, 0.25) is 0 Å². The van der Waals surface area contributed by atoms with E-state index in [4.69, 9.17) is 31.2 Å². The number of aromatic hydroxyl groups is 2. The van der Waals surface area contributed by atoms with Gasteiger partial charge in [0.15, 0.2) is 5.75 Å². The van der Waals surface area contributed by atoms with Crippen molar-refractivity contribution in [1.29, 1.82) is 0 Å². The summed E-state index contributed by atoms with van der Waals surface area (Å²) in [6, 6.07) is 15.9. The average Bonchev–Trinajstić information content (AvgIpc) is 2.97. The van der Waals surface area contributed by atoms with Gasteiger partial charge in [-0.3, -0.25) is 9.59 Å². The molecule has 2 unspecified atom stereocenters. The van der Waals surface area contributed by atoms with Crippen molar-refractivity contribution >= 4 is 147 Å². The topological polar surface area (TPSA) is 186 Å². The number of phenols is 2. The van der Waals surface area contributed by atoms with Crippen LogP contribution in [-0.4, -0.2) is 44.4 Å². The van der Waals surface area contributed by atoms with Crippen molar-refractivity contribution < 1.29 is 39.5 Å². The lowest BCUT2D eigenvalue weighted by atomic mass is 10.1. The molecule has 0 saturated carbocycles. The molecular weight excluding hydrogens is 1280 g/mol. The van der Waals surface area contributed by atoms with Crippen LogP contribution in [0.1, 0.15) is 11.1 Å². The monoisotopic (exact) mass is 1300 g/mol. The maximum atomic E-state index is 10.9. The number of rotatable bonds is 10. The van der Waals surface area contributed by atoms with Crippen LogP contribution in [0.5, 0.6) is 34.5 Å². The average molecular weight is 1300 g/mol. The van der Waals surface area contributed by atoms with Crippen molar-refractivity contribution in [2.75, 3.05) is 0 Å². The van der Waals surface area contributed by atoms with Crippen LogP contribution in [0.3, 0.4) is 0 Å². The SMILES string of the molecule is NC(Cc1cc(I)c(Oc2ccc(O)c(I)c2)c(I)c1)C(=O)O.NC(Cc1ccc(Oc2cc(I)c(O)c(I)c2)c(I)c1)C(=O)O. The summed E-state index contributed by atoms with van der Waals surface area (Å²) in [5.41, 5.74) is 12.8. The van der Waals surface area contributed by atoms with Crippen molar-refractivity contribution in [2.45, 2.75) is 24.9 Å². The Kier molecular flexibility index (Phi) is 15.9.